The van der Waals surface area contributed by atoms with Crippen molar-refractivity contribution in [3.8, 4) is 34.3 Å². The third-order valence-corrected chi connectivity index (χ3v) is 6.32. The van der Waals surface area contributed by atoms with E-state index in [1.165, 1.54) is 0 Å². The topological polar surface area (TPSA) is 108 Å². The zero-order valence-electron chi connectivity index (χ0n) is 17.4. The zero-order valence-corrected chi connectivity index (χ0v) is 18.2. The average Bonchev–Trinajstić information content (AvgIpc) is 3.30. The highest BCUT2D eigenvalue weighted by Gasteiger charge is 2.14. The highest BCUT2D eigenvalue weighted by molar-refractivity contribution is 7.85. The first kappa shape index (κ1) is 21.0. The van der Waals surface area contributed by atoms with Crippen LogP contribution in [0.3, 0.4) is 0 Å². The van der Waals surface area contributed by atoms with E-state index in [9.17, 15) is 4.21 Å². The van der Waals surface area contributed by atoms with Crippen molar-refractivity contribution in [3.63, 3.8) is 0 Å². The monoisotopic (exact) mass is 433 g/mol. The van der Waals surface area contributed by atoms with Crippen LogP contribution in [0.1, 0.15) is 19.4 Å². The molecule has 2 N–H and O–H groups in total. The molecule has 2 heterocycles. The molecular formula is C23H23N5O2S. The second-order valence-corrected chi connectivity index (χ2v) is 9.32. The standard InChI is InChI=1S/C23H23N5O2S/c1-15(2)31(29)19-9-7-17(8-10-19)20-13-25-14-21(26-20)23-28-27-22(30-23)18-5-3-16(4-6-18)11-12-24/h3-10,13-15H,11-12,24H2,1-2H3. The van der Waals surface area contributed by atoms with Crippen LogP contribution < -0.4 is 5.73 Å². The Hall–Kier alpha value is -3.23. The van der Waals surface area contributed by atoms with E-state index in [0.717, 1.165) is 28.0 Å². The van der Waals surface area contributed by atoms with E-state index in [1.807, 2.05) is 62.4 Å². The quantitative estimate of drug-likeness (QED) is 0.471. The van der Waals surface area contributed by atoms with Crippen LogP contribution in [0.5, 0.6) is 0 Å². The third kappa shape index (κ3) is 4.76. The Balaban J connectivity index is 1.57. The van der Waals surface area contributed by atoms with Crippen LogP contribution in [-0.2, 0) is 17.2 Å². The summed E-state index contributed by atoms with van der Waals surface area (Å²) in [6, 6.07) is 15.4. The summed E-state index contributed by atoms with van der Waals surface area (Å²) in [5, 5.41) is 8.35. The molecule has 0 bridgehead atoms. The number of hydrogen-bond acceptors (Lipinski definition) is 7. The van der Waals surface area contributed by atoms with Crippen LogP contribution in [-0.4, -0.2) is 36.2 Å². The van der Waals surface area contributed by atoms with Gasteiger partial charge in [-0.3, -0.25) is 9.19 Å². The minimum Gasteiger partial charge on any atom is -0.415 e. The van der Waals surface area contributed by atoms with Gasteiger partial charge in [0.05, 0.1) is 28.9 Å². The number of nitrogens with zero attached hydrogens (tertiary/aromatic N) is 4. The van der Waals surface area contributed by atoms with Crippen molar-refractivity contribution in [2.45, 2.75) is 30.4 Å². The van der Waals surface area contributed by atoms with Crippen LogP contribution in [0, 0.1) is 0 Å². The lowest BCUT2D eigenvalue weighted by atomic mass is 10.1. The molecule has 0 aliphatic rings. The maximum absolute atomic E-state index is 12.3. The fourth-order valence-electron chi connectivity index (χ4n) is 3.06. The van der Waals surface area contributed by atoms with Gasteiger partial charge in [-0.15, -0.1) is 10.2 Å². The number of aromatic nitrogens is 4. The zero-order chi connectivity index (χ0) is 21.8. The Kier molecular flexibility index (Phi) is 6.29. The Morgan fingerprint density at radius 3 is 2.23 bits per heavy atom. The van der Waals surface area contributed by atoms with Gasteiger partial charge in [0, 0.05) is 21.3 Å². The molecule has 7 nitrogen and oxygen atoms in total. The van der Waals surface area contributed by atoms with Gasteiger partial charge in [0.2, 0.25) is 5.89 Å². The van der Waals surface area contributed by atoms with E-state index in [0.29, 0.717) is 29.7 Å². The number of benzene rings is 2. The van der Waals surface area contributed by atoms with Gasteiger partial charge in [-0.05, 0) is 42.8 Å². The van der Waals surface area contributed by atoms with Crippen LogP contribution in [0.25, 0.3) is 34.3 Å². The van der Waals surface area contributed by atoms with Gasteiger partial charge in [0.1, 0.15) is 5.69 Å². The van der Waals surface area contributed by atoms with Crippen molar-refractivity contribution in [2.75, 3.05) is 6.54 Å². The lowest BCUT2D eigenvalue weighted by Crippen LogP contribution is -2.05. The highest BCUT2D eigenvalue weighted by atomic mass is 32.2. The van der Waals surface area contributed by atoms with Crippen LogP contribution >= 0.6 is 0 Å². The molecule has 0 radical (unpaired) electrons. The smallest absolute Gasteiger partial charge is 0.268 e. The molecule has 1 atom stereocenters. The molecule has 0 spiro atoms. The molecule has 4 aromatic rings. The van der Waals surface area contributed by atoms with Gasteiger partial charge >= 0.3 is 0 Å². The summed E-state index contributed by atoms with van der Waals surface area (Å²) in [4.78, 5) is 9.69. The molecule has 2 aromatic carbocycles. The van der Waals surface area contributed by atoms with Gasteiger partial charge in [0.25, 0.3) is 5.89 Å². The Labute approximate surface area is 183 Å². The van der Waals surface area contributed by atoms with Crippen LogP contribution in [0.2, 0.25) is 0 Å². The average molecular weight is 434 g/mol. The lowest BCUT2D eigenvalue weighted by Gasteiger charge is -2.07. The fraction of sp³-hybridized carbons (Fsp3) is 0.217. The second-order valence-electron chi connectivity index (χ2n) is 7.31. The van der Waals surface area contributed by atoms with E-state index < -0.39 is 10.8 Å². The predicted molar refractivity (Wildman–Crippen MR) is 120 cm³/mol. The van der Waals surface area contributed by atoms with Gasteiger partial charge in [-0.1, -0.05) is 38.1 Å². The molecule has 0 saturated heterocycles. The SMILES string of the molecule is CC(C)S(=O)c1ccc(-c2cncc(-c3nnc(-c4ccc(CCN)cc4)o3)n2)cc1. The second kappa shape index (κ2) is 9.28. The first-order valence-corrected chi connectivity index (χ1v) is 11.2. The molecule has 0 amide bonds. The predicted octanol–water partition coefficient (Wildman–Crippen LogP) is 3.88. The minimum absolute atomic E-state index is 0.0672. The maximum Gasteiger partial charge on any atom is 0.268 e. The van der Waals surface area contributed by atoms with Crippen molar-refractivity contribution in [1.29, 1.82) is 0 Å². The Morgan fingerprint density at radius 1 is 0.903 bits per heavy atom. The lowest BCUT2D eigenvalue weighted by molar-refractivity contribution is 0.582. The first-order chi connectivity index (χ1) is 15.0. The van der Waals surface area contributed by atoms with Crippen molar-refractivity contribution >= 4 is 10.8 Å². The van der Waals surface area contributed by atoms with Crippen molar-refractivity contribution in [3.05, 3.63) is 66.5 Å². The summed E-state index contributed by atoms with van der Waals surface area (Å²) in [6.07, 6.45) is 4.09. The van der Waals surface area contributed by atoms with E-state index in [2.05, 4.69) is 20.2 Å². The van der Waals surface area contributed by atoms with E-state index in [4.69, 9.17) is 10.2 Å². The van der Waals surface area contributed by atoms with Gasteiger partial charge in [-0.25, -0.2) is 4.98 Å². The molecule has 4 rings (SSSR count). The van der Waals surface area contributed by atoms with Gasteiger partial charge in [0.15, 0.2) is 0 Å². The third-order valence-electron chi connectivity index (χ3n) is 4.72. The van der Waals surface area contributed by atoms with Crippen LogP contribution in [0.15, 0.2) is 70.2 Å². The summed E-state index contributed by atoms with van der Waals surface area (Å²) in [5.74, 6) is 0.718. The van der Waals surface area contributed by atoms with Crippen molar-refractivity contribution in [1.82, 2.24) is 20.2 Å². The van der Waals surface area contributed by atoms with Gasteiger partial charge in [-0.2, -0.15) is 0 Å². The summed E-state index contributed by atoms with van der Waals surface area (Å²) in [6.45, 7) is 4.48. The van der Waals surface area contributed by atoms with Gasteiger partial charge < -0.3 is 10.2 Å². The molecule has 0 fully saturated rings. The van der Waals surface area contributed by atoms with E-state index in [-0.39, 0.29) is 5.25 Å². The normalized spacial score (nSPS) is 12.3. The molecule has 0 aliphatic heterocycles. The first-order valence-electron chi connectivity index (χ1n) is 10.0. The molecule has 8 heteroatoms. The van der Waals surface area contributed by atoms with E-state index >= 15 is 0 Å². The minimum atomic E-state index is -1.03. The van der Waals surface area contributed by atoms with Crippen LogP contribution in [0.4, 0.5) is 0 Å². The number of rotatable bonds is 7. The highest BCUT2D eigenvalue weighted by Crippen LogP contribution is 2.25. The molecule has 2 aromatic heterocycles. The summed E-state index contributed by atoms with van der Waals surface area (Å²) in [5.41, 5.74) is 9.62. The Bertz CT molecular complexity index is 1190. The summed E-state index contributed by atoms with van der Waals surface area (Å²) in [7, 11) is -1.03. The molecule has 1 unspecified atom stereocenters. The largest absolute Gasteiger partial charge is 0.415 e. The van der Waals surface area contributed by atoms with Crippen molar-refractivity contribution in [2.24, 2.45) is 5.73 Å². The molecular weight excluding hydrogens is 410 g/mol. The van der Waals surface area contributed by atoms with E-state index in [1.54, 1.807) is 12.4 Å². The molecule has 31 heavy (non-hydrogen) atoms. The number of hydrogen-bond donors (Lipinski definition) is 1. The summed E-state index contributed by atoms with van der Waals surface area (Å²) < 4.78 is 18.1. The Morgan fingerprint density at radius 2 is 1.55 bits per heavy atom. The maximum atomic E-state index is 12.3. The fourth-order valence-corrected chi connectivity index (χ4v) is 4.01. The molecule has 0 aliphatic carbocycles. The molecule has 158 valence electrons. The number of nitrogens with two attached hydrogens (primary N) is 1. The van der Waals surface area contributed by atoms with Crippen molar-refractivity contribution < 1.29 is 8.63 Å². The molecule has 0 saturated carbocycles. The summed E-state index contributed by atoms with van der Waals surface area (Å²) >= 11 is 0.